The molecule has 0 aromatic heterocycles. The smallest absolute Gasteiger partial charge is 0.308 e. The minimum absolute atomic E-state index is 0.0809. The highest BCUT2D eigenvalue weighted by Crippen LogP contribution is 2.53. The van der Waals surface area contributed by atoms with Gasteiger partial charge in [-0.15, -0.1) is 0 Å². The molecule has 0 saturated carbocycles. The number of hydrogen-bond donors (Lipinski definition) is 0. The van der Waals surface area contributed by atoms with Gasteiger partial charge in [-0.05, 0) is 29.5 Å². The molecule has 0 N–H and O–H groups in total. The van der Waals surface area contributed by atoms with Crippen LogP contribution in [0.1, 0.15) is 56.2 Å². The van der Waals surface area contributed by atoms with E-state index in [0.29, 0.717) is 35.7 Å². The van der Waals surface area contributed by atoms with Crippen molar-refractivity contribution in [1.82, 2.24) is 0 Å². The standard InChI is InChI=1S/C27H23NO5/c1-14(29)33-26-17-7-5-4-6-16(17)25-24(26)22(15-8-9-20-21(10-15)32-13-31-20)23-18(28-25)11-27(2,3)12-19(23)30/h4-10,22H,11-13H2,1-3H3/t22-/m1/s1. The lowest BCUT2D eigenvalue weighted by Gasteiger charge is -2.37. The highest BCUT2D eigenvalue weighted by atomic mass is 16.7. The maximum Gasteiger partial charge on any atom is 0.308 e. The van der Waals surface area contributed by atoms with Gasteiger partial charge in [0.2, 0.25) is 6.79 Å². The number of aliphatic imine (C=N–C) groups is 1. The summed E-state index contributed by atoms with van der Waals surface area (Å²) in [6.07, 6.45) is 1.15. The Kier molecular flexibility index (Phi) is 4.18. The third-order valence-electron chi connectivity index (χ3n) is 6.62. The van der Waals surface area contributed by atoms with Gasteiger partial charge in [0.15, 0.2) is 17.3 Å². The molecule has 0 radical (unpaired) electrons. The van der Waals surface area contributed by atoms with E-state index in [9.17, 15) is 9.59 Å². The Balaban J connectivity index is 1.64. The first-order valence-electron chi connectivity index (χ1n) is 11.1. The minimum atomic E-state index is -0.410. The quantitative estimate of drug-likeness (QED) is 0.618. The number of carbonyl (C=O) groups is 2. The zero-order chi connectivity index (χ0) is 22.9. The van der Waals surface area contributed by atoms with Crippen LogP contribution in [0.25, 0.3) is 5.76 Å². The summed E-state index contributed by atoms with van der Waals surface area (Å²) in [6, 6.07) is 13.5. The summed E-state index contributed by atoms with van der Waals surface area (Å²) in [6.45, 7) is 5.76. The van der Waals surface area contributed by atoms with Crippen molar-refractivity contribution in [3.63, 3.8) is 0 Å². The van der Waals surface area contributed by atoms with Crippen LogP contribution in [0.15, 0.2) is 64.3 Å². The lowest BCUT2D eigenvalue weighted by atomic mass is 9.68. The average Bonchev–Trinajstić information content (AvgIpc) is 3.34. The molecule has 33 heavy (non-hydrogen) atoms. The van der Waals surface area contributed by atoms with Gasteiger partial charge in [0.05, 0.1) is 5.71 Å². The van der Waals surface area contributed by atoms with E-state index in [1.807, 2.05) is 42.5 Å². The molecule has 2 aromatic carbocycles. The molecule has 0 bridgehead atoms. The van der Waals surface area contributed by atoms with E-state index < -0.39 is 11.9 Å². The fourth-order valence-electron chi connectivity index (χ4n) is 5.36. The van der Waals surface area contributed by atoms with Crippen LogP contribution < -0.4 is 9.47 Å². The predicted octanol–water partition coefficient (Wildman–Crippen LogP) is 4.93. The van der Waals surface area contributed by atoms with Crippen molar-refractivity contribution in [1.29, 1.82) is 0 Å². The van der Waals surface area contributed by atoms with Gasteiger partial charge in [-0.2, -0.15) is 0 Å². The second-order valence-corrected chi connectivity index (χ2v) is 9.69. The zero-order valence-electron chi connectivity index (χ0n) is 18.7. The Hall–Kier alpha value is -3.67. The van der Waals surface area contributed by atoms with E-state index >= 15 is 0 Å². The summed E-state index contributed by atoms with van der Waals surface area (Å²) >= 11 is 0. The molecule has 4 aliphatic rings. The van der Waals surface area contributed by atoms with Crippen LogP contribution in [0, 0.1) is 5.41 Å². The first kappa shape index (κ1) is 20.0. The molecule has 2 heterocycles. The molecule has 0 unspecified atom stereocenters. The topological polar surface area (TPSA) is 74.2 Å². The Morgan fingerprint density at radius 2 is 1.79 bits per heavy atom. The van der Waals surface area contributed by atoms with Crippen molar-refractivity contribution in [2.75, 3.05) is 6.79 Å². The van der Waals surface area contributed by atoms with Crippen LogP contribution in [0.5, 0.6) is 11.5 Å². The summed E-state index contributed by atoms with van der Waals surface area (Å²) in [5.74, 6) is 1.06. The first-order chi connectivity index (χ1) is 15.8. The molecule has 2 aliphatic heterocycles. The van der Waals surface area contributed by atoms with Gasteiger partial charge in [-0.1, -0.05) is 44.2 Å². The molecule has 2 aliphatic carbocycles. The number of ketones is 1. The molecule has 6 heteroatoms. The van der Waals surface area contributed by atoms with Gasteiger partial charge in [0.25, 0.3) is 0 Å². The minimum Gasteiger partial charge on any atom is -0.454 e. The van der Waals surface area contributed by atoms with E-state index in [1.165, 1.54) is 6.92 Å². The summed E-state index contributed by atoms with van der Waals surface area (Å²) in [5, 5.41) is 0. The lowest BCUT2D eigenvalue weighted by Crippen LogP contribution is -2.32. The largest absolute Gasteiger partial charge is 0.454 e. The van der Waals surface area contributed by atoms with E-state index in [1.54, 1.807) is 0 Å². The van der Waals surface area contributed by atoms with Crippen molar-refractivity contribution >= 4 is 23.2 Å². The molecule has 0 fully saturated rings. The first-order valence-corrected chi connectivity index (χ1v) is 11.1. The van der Waals surface area contributed by atoms with Crippen LogP contribution >= 0.6 is 0 Å². The summed E-state index contributed by atoms with van der Waals surface area (Å²) in [5.41, 5.74) is 5.49. The fraction of sp³-hybridized carbons (Fsp3) is 0.296. The van der Waals surface area contributed by atoms with Crippen molar-refractivity contribution in [2.24, 2.45) is 10.4 Å². The SMILES string of the molecule is CC(=O)OC1=C2C(=NC3=C(C(=O)CC(C)(C)C3)[C@H]2c2ccc3c(c2)OCO3)c2ccccc21. The zero-order valence-corrected chi connectivity index (χ0v) is 18.7. The Morgan fingerprint density at radius 3 is 2.58 bits per heavy atom. The second kappa shape index (κ2) is 6.91. The van der Waals surface area contributed by atoms with Crippen molar-refractivity contribution in [3.05, 3.63) is 76.0 Å². The summed E-state index contributed by atoms with van der Waals surface area (Å²) < 4.78 is 16.9. The molecular formula is C27H23NO5. The molecular weight excluding hydrogens is 418 g/mol. The van der Waals surface area contributed by atoms with Gasteiger partial charge < -0.3 is 14.2 Å². The van der Waals surface area contributed by atoms with Crippen LogP contribution in [0.2, 0.25) is 0 Å². The monoisotopic (exact) mass is 441 g/mol. The number of Topliss-reactive ketones (excluding diaryl/α,β-unsaturated/α-hetero) is 1. The summed E-state index contributed by atoms with van der Waals surface area (Å²) in [7, 11) is 0. The number of esters is 1. The number of rotatable bonds is 2. The number of ether oxygens (including phenoxy) is 3. The number of benzene rings is 2. The van der Waals surface area contributed by atoms with Crippen LogP contribution in [-0.4, -0.2) is 24.3 Å². The lowest BCUT2D eigenvalue weighted by molar-refractivity contribution is -0.134. The molecule has 0 spiro atoms. The number of hydrogen-bond acceptors (Lipinski definition) is 6. The molecule has 1 atom stereocenters. The van der Waals surface area contributed by atoms with Crippen molar-refractivity contribution in [3.8, 4) is 11.5 Å². The molecule has 0 saturated heterocycles. The van der Waals surface area contributed by atoms with Gasteiger partial charge in [0.1, 0.15) is 5.76 Å². The molecule has 6 nitrogen and oxygen atoms in total. The van der Waals surface area contributed by atoms with Gasteiger partial charge in [0, 0.05) is 47.2 Å². The predicted molar refractivity (Wildman–Crippen MR) is 122 cm³/mol. The maximum atomic E-state index is 13.5. The van der Waals surface area contributed by atoms with Crippen molar-refractivity contribution in [2.45, 2.75) is 39.5 Å². The van der Waals surface area contributed by atoms with Gasteiger partial charge >= 0.3 is 5.97 Å². The van der Waals surface area contributed by atoms with Gasteiger partial charge in [-0.3, -0.25) is 14.6 Å². The highest BCUT2D eigenvalue weighted by Gasteiger charge is 2.46. The number of allylic oxidation sites excluding steroid dienone is 3. The molecule has 2 aromatic rings. The van der Waals surface area contributed by atoms with E-state index in [4.69, 9.17) is 19.2 Å². The highest BCUT2D eigenvalue weighted by molar-refractivity contribution is 6.26. The Morgan fingerprint density at radius 1 is 1.03 bits per heavy atom. The number of nitrogens with zero attached hydrogens (tertiary/aromatic N) is 1. The second-order valence-electron chi connectivity index (χ2n) is 9.69. The van der Waals surface area contributed by atoms with Crippen LogP contribution in [0.4, 0.5) is 0 Å². The maximum absolute atomic E-state index is 13.5. The van der Waals surface area contributed by atoms with Gasteiger partial charge in [-0.25, -0.2) is 0 Å². The van der Waals surface area contributed by atoms with E-state index in [2.05, 4.69) is 13.8 Å². The van der Waals surface area contributed by atoms with Crippen LogP contribution in [-0.2, 0) is 14.3 Å². The van der Waals surface area contributed by atoms with E-state index in [-0.39, 0.29) is 18.0 Å². The third-order valence-corrected chi connectivity index (χ3v) is 6.62. The number of fused-ring (bicyclic) bond motifs is 4. The van der Waals surface area contributed by atoms with Crippen LogP contribution in [0.3, 0.4) is 0 Å². The Labute approximate surface area is 191 Å². The molecule has 6 rings (SSSR count). The fourth-order valence-corrected chi connectivity index (χ4v) is 5.36. The average molecular weight is 441 g/mol. The third kappa shape index (κ3) is 3.04. The van der Waals surface area contributed by atoms with Crippen molar-refractivity contribution < 1.29 is 23.8 Å². The Bertz CT molecular complexity index is 1340. The van der Waals surface area contributed by atoms with E-state index in [0.717, 1.165) is 33.7 Å². The normalized spacial score (nSPS) is 22.0. The number of carbonyl (C=O) groups excluding carboxylic acids is 2. The summed E-state index contributed by atoms with van der Waals surface area (Å²) in [4.78, 5) is 30.7. The molecule has 0 amide bonds. The molecule has 166 valence electrons.